The number of piperidine rings is 2. The lowest BCUT2D eigenvalue weighted by Crippen LogP contribution is -2.47. The summed E-state index contributed by atoms with van der Waals surface area (Å²) in [6.07, 6.45) is 9.17. The van der Waals surface area contributed by atoms with Crippen LogP contribution in [-0.2, 0) is 27.4 Å². The zero-order valence-electron chi connectivity index (χ0n) is 33.1. The van der Waals surface area contributed by atoms with Crippen LogP contribution < -0.4 is 11.1 Å². The first-order chi connectivity index (χ1) is 25.6. The van der Waals surface area contributed by atoms with Crippen molar-refractivity contribution >= 4 is 23.6 Å². The van der Waals surface area contributed by atoms with Crippen LogP contribution in [0.2, 0.25) is 0 Å². The molecule has 1 spiro atoms. The fourth-order valence-electron chi connectivity index (χ4n) is 7.71. The molecule has 0 bridgehead atoms. The van der Waals surface area contributed by atoms with Gasteiger partial charge in [-0.25, -0.2) is 0 Å². The molecule has 2 fully saturated rings. The number of amides is 1. The molecule has 3 aliphatic heterocycles. The number of fused-ring (bicyclic) bond motifs is 2. The lowest BCUT2D eigenvalue weighted by atomic mass is 9.68. The number of aryl methyl sites for hydroxylation is 1. The number of carbonyl (C=O) groups is 2. The number of hydrogen-bond donors (Lipinski definition) is 2. The third kappa shape index (κ3) is 14.8. The summed E-state index contributed by atoms with van der Waals surface area (Å²) in [6, 6.07) is 10.4. The van der Waals surface area contributed by atoms with E-state index in [9.17, 15) is 31.1 Å². The zero-order valence-corrected chi connectivity index (χ0v) is 33.1. The molecule has 3 heterocycles. The fourth-order valence-corrected chi connectivity index (χ4v) is 7.71. The summed E-state index contributed by atoms with van der Waals surface area (Å²) in [5.41, 5.74) is 3.01. The summed E-state index contributed by atoms with van der Waals surface area (Å²) < 4.78 is 74.1. The van der Waals surface area contributed by atoms with Crippen molar-refractivity contribution in [1.29, 1.82) is 0 Å². The number of nitrogens with zero attached hydrogens (tertiary/aromatic N) is 2. The predicted octanol–water partition coefficient (Wildman–Crippen LogP) is 11.2. The van der Waals surface area contributed by atoms with Gasteiger partial charge in [-0.3, -0.25) is 4.79 Å². The molecule has 1 atom stereocenters. The lowest BCUT2D eigenvalue weighted by molar-refractivity contribution is -0.141. The number of unbranched alkanes of at least 4 members (excludes halogenated alkanes) is 3. The molecule has 1 amide bonds. The van der Waals surface area contributed by atoms with E-state index >= 15 is 0 Å². The summed E-state index contributed by atoms with van der Waals surface area (Å²) in [7, 11) is 0. The van der Waals surface area contributed by atoms with Gasteiger partial charge in [0.25, 0.3) is 0 Å². The first kappa shape index (κ1) is 47.0. The van der Waals surface area contributed by atoms with Gasteiger partial charge < -0.3 is 25.6 Å². The number of rotatable bonds is 10. The molecule has 1 unspecified atom stereocenters. The largest absolute Gasteiger partial charge is 0.418 e. The number of carbonyl (C=O) groups excluding carboxylic acids is 2. The van der Waals surface area contributed by atoms with Crippen molar-refractivity contribution in [3.8, 4) is 0 Å². The topological polar surface area (TPSA) is 78.7 Å². The molecule has 0 saturated carbocycles. The van der Waals surface area contributed by atoms with Crippen LogP contribution >= 0.6 is 0 Å². The minimum absolute atomic E-state index is 0.0850. The van der Waals surface area contributed by atoms with Gasteiger partial charge in [-0.2, -0.15) is 26.3 Å². The molecule has 2 aromatic rings. The molecule has 5 rings (SSSR count). The number of para-hydroxylation sites is 1. The fraction of sp³-hybridized carbons (Fsp3) is 0.667. The first-order valence-corrected chi connectivity index (χ1v) is 19.9. The van der Waals surface area contributed by atoms with Gasteiger partial charge in [-0.05, 0) is 121 Å². The molecule has 0 aromatic heterocycles. The summed E-state index contributed by atoms with van der Waals surface area (Å²) >= 11 is 0. The van der Waals surface area contributed by atoms with Gasteiger partial charge in [0.1, 0.15) is 6.29 Å². The molecule has 2 saturated heterocycles. The Hall–Kier alpha value is -3.12. The predicted molar refractivity (Wildman–Crippen MR) is 208 cm³/mol. The number of halogens is 6. The molecule has 0 aliphatic carbocycles. The van der Waals surface area contributed by atoms with E-state index in [-0.39, 0.29) is 16.9 Å². The summed E-state index contributed by atoms with van der Waals surface area (Å²) in [5.74, 6) is 0.186. The summed E-state index contributed by atoms with van der Waals surface area (Å²) in [5, 5.41) is 3.02. The quantitative estimate of drug-likeness (QED) is 0.109. The maximum Gasteiger partial charge on any atom is 0.418 e. The maximum atomic E-state index is 12.3. The SMILES string of the molecule is CC=O.CCCCCC(CCC)N1CCCCC1.CCCCN1CCC2(CC1)CC(=O)Nc1ccccc12.Cc1cc(C(F)(F)F)c(N)c(C(F)(F)F)c1. The molecule has 6 nitrogen and oxygen atoms in total. The van der Waals surface area contributed by atoms with E-state index in [1.165, 1.54) is 103 Å². The highest BCUT2D eigenvalue weighted by Gasteiger charge is 2.42. The normalized spacial score (nSPS) is 17.7. The number of benzene rings is 2. The smallest absolute Gasteiger partial charge is 0.398 e. The Balaban J connectivity index is 0.000000274. The van der Waals surface area contributed by atoms with Crippen molar-refractivity contribution in [3.63, 3.8) is 0 Å². The van der Waals surface area contributed by atoms with Gasteiger partial charge in [0.05, 0.1) is 16.8 Å². The summed E-state index contributed by atoms with van der Waals surface area (Å²) in [6.45, 7) is 15.7. The number of anilines is 2. The Morgan fingerprint density at radius 3 is 1.91 bits per heavy atom. The van der Waals surface area contributed by atoms with E-state index in [2.05, 4.69) is 48.0 Å². The van der Waals surface area contributed by atoms with Crippen LogP contribution in [0.4, 0.5) is 37.7 Å². The second-order valence-corrected chi connectivity index (χ2v) is 14.8. The van der Waals surface area contributed by atoms with Crippen molar-refractivity contribution < 1.29 is 35.9 Å². The van der Waals surface area contributed by atoms with Crippen LogP contribution in [0.3, 0.4) is 0 Å². The third-order valence-corrected chi connectivity index (χ3v) is 10.5. The van der Waals surface area contributed by atoms with E-state index in [4.69, 9.17) is 10.5 Å². The van der Waals surface area contributed by atoms with Gasteiger partial charge in [0, 0.05) is 23.6 Å². The van der Waals surface area contributed by atoms with E-state index in [1.807, 2.05) is 12.1 Å². The van der Waals surface area contributed by atoms with Crippen LogP contribution in [0.5, 0.6) is 0 Å². The number of nitrogen functional groups attached to an aromatic ring is 1. The molecule has 3 aliphatic rings. The number of likely N-dealkylation sites (tertiary alicyclic amines) is 2. The Morgan fingerprint density at radius 2 is 1.39 bits per heavy atom. The van der Waals surface area contributed by atoms with Crippen molar-refractivity contribution in [3.05, 3.63) is 58.7 Å². The van der Waals surface area contributed by atoms with Crippen LogP contribution in [0.25, 0.3) is 0 Å². The van der Waals surface area contributed by atoms with Gasteiger partial charge in [0.15, 0.2) is 0 Å². The second kappa shape index (κ2) is 23.1. The minimum atomic E-state index is -4.89. The number of nitrogens with two attached hydrogens (primary N) is 1. The maximum absolute atomic E-state index is 12.3. The standard InChI is InChI=1S/C17H24N2O.C14H29N.C9H7F6N.C2H4O/c1-2-3-10-19-11-8-17(9-12-19)13-16(20)18-15-7-5-4-6-14(15)17;1-3-5-7-11-14(10-4-2)15-12-8-6-9-13-15;1-4-2-5(8(10,11)12)7(16)6(3-4)9(13,14)15;1-2-3/h4-7H,2-3,8-13H2,1H3,(H,18,20);14H,3-13H2,1-2H3;2-3H,16H2,1H3;2H,1H3. The van der Waals surface area contributed by atoms with Gasteiger partial charge in [-0.15, -0.1) is 0 Å². The van der Waals surface area contributed by atoms with Crippen molar-refractivity contribution in [2.45, 2.75) is 148 Å². The highest BCUT2D eigenvalue weighted by Crippen LogP contribution is 2.45. The Labute approximate surface area is 319 Å². The highest BCUT2D eigenvalue weighted by atomic mass is 19.4. The Bertz CT molecular complexity index is 1360. The highest BCUT2D eigenvalue weighted by molar-refractivity contribution is 5.95. The molecule has 3 N–H and O–H groups in total. The average Bonchev–Trinajstić information content (AvgIpc) is 3.12. The van der Waals surface area contributed by atoms with Crippen molar-refractivity contribution in [2.24, 2.45) is 0 Å². The summed E-state index contributed by atoms with van der Waals surface area (Å²) in [4.78, 5) is 26.2. The van der Waals surface area contributed by atoms with Crippen LogP contribution in [0.1, 0.15) is 140 Å². The van der Waals surface area contributed by atoms with Gasteiger partial charge in [-0.1, -0.05) is 77.5 Å². The van der Waals surface area contributed by atoms with Crippen molar-refractivity contribution in [2.75, 3.05) is 43.8 Å². The number of aldehydes is 1. The molecule has 54 heavy (non-hydrogen) atoms. The monoisotopic (exact) mass is 770 g/mol. The molecule has 306 valence electrons. The van der Waals surface area contributed by atoms with Crippen LogP contribution in [0.15, 0.2) is 36.4 Å². The lowest BCUT2D eigenvalue weighted by Gasteiger charge is -2.44. The van der Waals surface area contributed by atoms with E-state index < -0.39 is 29.2 Å². The molecule has 2 aromatic carbocycles. The molecule has 0 radical (unpaired) electrons. The van der Waals surface area contributed by atoms with E-state index in [0.29, 0.717) is 18.6 Å². The van der Waals surface area contributed by atoms with Crippen molar-refractivity contribution in [1.82, 2.24) is 9.80 Å². The third-order valence-electron chi connectivity index (χ3n) is 10.5. The average molecular weight is 771 g/mol. The number of alkyl halides is 6. The van der Waals surface area contributed by atoms with Crippen LogP contribution in [0, 0.1) is 6.92 Å². The zero-order chi connectivity index (χ0) is 40.4. The first-order valence-electron chi connectivity index (χ1n) is 19.9. The van der Waals surface area contributed by atoms with Gasteiger partial charge in [0.2, 0.25) is 5.91 Å². The molecular formula is C42H64F6N4O2. The van der Waals surface area contributed by atoms with E-state index in [1.54, 1.807) is 0 Å². The van der Waals surface area contributed by atoms with Gasteiger partial charge >= 0.3 is 12.4 Å². The Morgan fingerprint density at radius 1 is 0.833 bits per heavy atom. The van der Waals surface area contributed by atoms with E-state index in [0.717, 1.165) is 50.9 Å². The molecule has 12 heteroatoms. The van der Waals surface area contributed by atoms with Crippen LogP contribution in [-0.4, -0.2) is 60.8 Å². The second-order valence-electron chi connectivity index (χ2n) is 14.8. The number of nitrogens with one attached hydrogen (secondary N) is 1. The Kier molecular flexibility index (Phi) is 20.1. The number of hydrogen-bond acceptors (Lipinski definition) is 5. The molecular weight excluding hydrogens is 706 g/mol. The minimum Gasteiger partial charge on any atom is -0.398 e.